The van der Waals surface area contributed by atoms with E-state index in [1.165, 1.54) is 32.6 Å². The van der Waals surface area contributed by atoms with Gasteiger partial charge < -0.3 is 10.2 Å². The van der Waals surface area contributed by atoms with E-state index in [-0.39, 0.29) is 0 Å². The van der Waals surface area contributed by atoms with E-state index in [0.717, 1.165) is 6.04 Å². The molecule has 0 radical (unpaired) electrons. The van der Waals surface area contributed by atoms with Crippen molar-refractivity contribution in [3.8, 4) is 0 Å². The Morgan fingerprint density at radius 1 is 1.33 bits per heavy atom. The number of piperazine rings is 1. The summed E-state index contributed by atoms with van der Waals surface area (Å²) in [5, 5.41) is 3.32. The molecule has 0 aromatic carbocycles. The summed E-state index contributed by atoms with van der Waals surface area (Å²) in [7, 11) is 2.05. The second-order valence-corrected chi connectivity index (χ2v) is 3.95. The summed E-state index contributed by atoms with van der Waals surface area (Å²) in [6.45, 7) is 7.38. The summed E-state index contributed by atoms with van der Waals surface area (Å²) in [5.74, 6) is 0. The van der Waals surface area contributed by atoms with E-state index >= 15 is 0 Å². The van der Waals surface area contributed by atoms with E-state index in [9.17, 15) is 0 Å². The topological polar surface area (TPSA) is 18.5 Å². The Balaban J connectivity index is 1.97. The van der Waals surface area contributed by atoms with Crippen LogP contribution in [0.4, 0.5) is 0 Å². The van der Waals surface area contributed by atoms with Crippen molar-refractivity contribution in [2.45, 2.75) is 25.6 Å². The Morgan fingerprint density at radius 2 is 2.17 bits per heavy atom. The standard InChI is InChI=1S/C9H19N3/c1-8(10-2)12-6-5-11-4-3-9(12)7-11/h8-10H,3-7H2,1-2H3. The van der Waals surface area contributed by atoms with E-state index in [0.29, 0.717) is 6.17 Å². The average Bonchev–Trinajstić information content (AvgIpc) is 2.47. The van der Waals surface area contributed by atoms with Gasteiger partial charge in [-0.15, -0.1) is 0 Å². The van der Waals surface area contributed by atoms with Gasteiger partial charge >= 0.3 is 0 Å². The van der Waals surface area contributed by atoms with Gasteiger partial charge in [-0.05, 0) is 26.9 Å². The van der Waals surface area contributed by atoms with Crippen LogP contribution in [0.1, 0.15) is 13.3 Å². The Labute approximate surface area is 74.7 Å². The monoisotopic (exact) mass is 169 g/mol. The number of rotatable bonds is 2. The van der Waals surface area contributed by atoms with Gasteiger partial charge in [-0.1, -0.05) is 0 Å². The summed E-state index contributed by atoms with van der Waals surface area (Å²) in [5.41, 5.74) is 0. The molecule has 3 unspecified atom stereocenters. The van der Waals surface area contributed by atoms with E-state index in [2.05, 4.69) is 22.0 Å². The highest BCUT2D eigenvalue weighted by atomic mass is 15.4. The van der Waals surface area contributed by atoms with Crippen LogP contribution in [-0.2, 0) is 0 Å². The third-order valence-corrected chi connectivity index (χ3v) is 3.31. The second kappa shape index (κ2) is 3.32. The van der Waals surface area contributed by atoms with Crippen LogP contribution >= 0.6 is 0 Å². The predicted molar refractivity (Wildman–Crippen MR) is 50.1 cm³/mol. The second-order valence-electron chi connectivity index (χ2n) is 3.95. The van der Waals surface area contributed by atoms with Crippen LogP contribution in [0.3, 0.4) is 0 Å². The summed E-state index contributed by atoms with van der Waals surface area (Å²) < 4.78 is 0. The maximum atomic E-state index is 3.32. The Morgan fingerprint density at radius 3 is 2.92 bits per heavy atom. The number of hydrogen-bond acceptors (Lipinski definition) is 3. The van der Waals surface area contributed by atoms with Crippen molar-refractivity contribution in [1.29, 1.82) is 0 Å². The third-order valence-electron chi connectivity index (χ3n) is 3.31. The van der Waals surface area contributed by atoms with E-state index in [1.807, 2.05) is 7.05 Å². The lowest BCUT2D eigenvalue weighted by Gasteiger charge is -2.38. The summed E-state index contributed by atoms with van der Waals surface area (Å²) >= 11 is 0. The summed E-state index contributed by atoms with van der Waals surface area (Å²) in [4.78, 5) is 5.17. The lowest BCUT2D eigenvalue weighted by Crippen LogP contribution is -2.54. The normalized spacial score (nSPS) is 38.5. The number of hydrogen-bond donors (Lipinski definition) is 1. The van der Waals surface area contributed by atoms with Gasteiger partial charge in [-0.25, -0.2) is 0 Å². The fourth-order valence-corrected chi connectivity index (χ4v) is 2.40. The molecule has 3 atom stereocenters. The quantitative estimate of drug-likeness (QED) is 0.625. The van der Waals surface area contributed by atoms with Crippen molar-refractivity contribution >= 4 is 0 Å². The van der Waals surface area contributed by atoms with Crippen molar-refractivity contribution in [3.05, 3.63) is 0 Å². The molecule has 70 valence electrons. The summed E-state index contributed by atoms with van der Waals surface area (Å²) in [6.07, 6.45) is 1.92. The molecule has 1 N–H and O–H groups in total. The van der Waals surface area contributed by atoms with Gasteiger partial charge in [0.15, 0.2) is 0 Å². The lowest BCUT2D eigenvalue weighted by molar-refractivity contribution is 0.0853. The molecule has 0 amide bonds. The Hall–Kier alpha value is -0.120. The maximum Gasteiger partial charge on any atom is 0.0569 e. The molecule has 2 saturated heterocycles. The van der Waals surface area contributed by atoms with E-state index in [4.69, 9.17) is 0 Å². The zero-order valence-electron chi connectivity index (χ0n) is 8.08. The molecule has 2 aliphatic rings. The Kier molecular flexibility index (Phi) is 2.35. The molecular formula is C9H19N3. The first-order valence-corrected chi connectivity index (χ1v) is 4.96. The van der Waals surface area contributed by atoms with Crippen molar-refractivity contribution in [2.24, 2.45) is 0 Å². The molecule has 3 heteroatoms. The molecule has 3 nitrogen and oxygen atoms in total. The highest BCUT2D eigenvalue weighted by Gasteiger charge is 2.33. The molecule has 0 saturated carbocycles. The first kappa shape index (κ1) is 8.48. The minimum atomic E-state index is 0.551. The van der Waals surface area contributed by atoms with E-state index < -0.39 is 0 Å². The molecule has 0 aromatic rings. The molecule has 2 aliphatic heterocycles. The fraction of sp³-hybridized carbons (Fsp3) is 1.00. The van der Waals surface area contributed by atoms with Crippen molar-refractivity contribution in [3.63, 3.8) is 0 Å². The molecule has 2 bridgehead atoms. The largest absolute Gasteiger partial charge is 0.305 e. The maximum absolute atomic E-state index is 3.32. The zero-order chi connectivity index (χ0) is 8.55. The van der Waals surface area contributed by atoms with Gasteiger partial charge in [-0.2, -0.15) is 0 Å². The highest BCUT2D eigenvalue weighted by molar-refractivity contribution is 4.90. The SMILES string of the molecule is CNC(C)N1CCN2CCC1C2. The lowest BCUT2D eigenvalue weighted by atomic mass is 10.2. The van der Waals surface area contributed by atoms with Crippen molar-refractivity contribution in [2.75, 3.05) is 33.2 Å². The van der Waals surface area contributed by atoms with Crippen LogP contribution in [0, 0.1) is 0 Å². The van der Waals surface area contributed by atoms with Gasteiger partial charge in [0.1, 0.15) is 0 Å². The van der Waals surface area contributed by atoms with Crippen LogP contribution < -0.4 is 5.32 Å². The number of nitrogens with zero attached hydrogens (tertiary/aromatic N) is 2. The first-order valence-electron chi connectivity index (χ1n) is 4.96. The number of nitrogens with one attached hydrogen (secondary N) is 1. The predicted octanol–water partition coefficient (Wildman–Crippen LogP) is -0.0583. The van der Waals surface area contributed by atoms with Gasteiger partial charge in [0, 0.05) is 25.7 Å². The van der Waals surface area contributed by atoms with Gasteiger partial charge in [0.25, 0.3) is 0 Å². The minimum Gasteiger partial charge on any atom is -0.305 e. The molecule has 0 aliphatic carbocycles. The molecule has 0 aromatic heterocycles. The Bertz CT molecular complexity index is 160. The molecule has 0 spiro atoms. The van der Waals surface area contributed by atoms with Crippen molar-refractivity contribution < 1.29 is 0 Å². The highest BCUT2D eigenvalue weighted by Crippen LogP contribution is 2.21. The van der Waals surface area contributed by atoms with Crippen molar-refractivity contribution in [1.82, 2.24) is 15.1 Å². The third kappa shape index (κ3) is 1.37. The smallest absolute Gasteiger partial charge is 0.0569 e. The molecular weight excluding hydrogens is 150 g/mol. The zero-order valence-corrected chi connectivity index (χ0v) is 8.08. The van der Waals surface area contributed by atoms with Crippen LogP contribution in [-0.4, -0.2) is 55.2 Å². The van der Waals surface area contributed by atoms with Gasteiger partial charge in [0.05, 0.1) is 6.17 Å². The van der Waals surface area contributed by atoms with Crippen LogP contribution in [0.15, 0.2) is 0 Å². The average molecular weight is 169 g/mol. The van der Waals surface area contributed by atoms with Gasteiger partial charge in [0.2, 0.25) is 0 Å². The minimum absolute atomic E-state index is 0.551. The van der Waals surface area contributed by atoms with Crippen LogP contribution in [0.25, 0.3) is 0 Å². The summed E-state index contributed by atoms with van der Waals surface area (Å²) in [6, 6.07) is 0.821. The molecule has 2 heterocycles. The molecule has 2 rings (SSSR count). The van der Waals surface area contributed by atoms with E-state index in [1.54, 1.807) is 0 Å². The van der Waals surface area contributed by atoms with Crippen LogP contribution in [0.2, 0.25) is 0 Å². The number of fused-ring (bicyclic) bond motifs is 2. The van der Waals surface area contributed by atoms with Crippen LogP contribution in [0.5, 0.6) is 0 Å². The molecule has 2 fully saturated rings. The fourth-order valence-electron chi connectivity index (χ4n) is 2.40. The van der Waals surface area contributed by atoms with Gasteiger partial charge in [-0.3, -0.25) is 4.90 Å². The molecule has 12 heavy (non-hydrogen) atoms. The first-order chi connectivity index (χ1) is 5.81.